The van der Waals surface area contributed by atoms with Gasteiger partial charge in [0.05, 0.1) is 12.6 Å². The number of carboxylic acid groups (broad SMARTS) is 1. The number of aromatic carboxylic acids is 1. The van der Waals surface area contributed by atoms with Crippen molar-refractivity contribution in [3.8, 4) is 0 Å². The number of ether oxygens (including phenoxy) is 1. The molecule has 1 rings (SSSR count). The Bertz CT molecular complexity index is 474. The first kappa shape index (κ1) is 16.9. The second-order valence-corrected chi connectivity index (χ2v) is 4.99. The maximum Gasteiger partial charge on any atom is 0.354 e. The van der Waals surface area contributed by atoms with Gasteiger partial charge in [-0.15, -0.1) is 0 Å². The molecule has 1 aromatic heterocycles. The van der Waals surface area contributed by atoms with Crippen molar-refractivity contribution in [1.29, 1.82) is 0 Å². The lowest BCUT2D eigenvalue weighted by Crippen LogP contribution is -2.46. The first-order valence-corrected chi connectivity index (χ1v) is 6.65. The molecule has 116 valence electrons. The minimum absolute atomic E-state index is 0.0248. The van der Waals surface area contributed by atoms with Crippen LogP contribution in [-0.2, 0) is 11.3 Å². The maximum absolute atomic E-state index is 11.8. The van der Waals surface area contributed by atoms with Crippen LogP contribution in [-0.4, -0.2) is 41.8 Å². The molecule has 1 unspecified atom stereocenters. The van der Waals surface area contributed by atoms with Crippen LogP contribution < -0.4 is 10.6 Å². The number of rotatable bonds is 7. The van der Waals surface area contributed by atoms with E-state index in [0.29, 0.717) is 6.61 Å². The fourth-order valence-corrected chi connectivity index (χ4v) is 1.64. The number of urea groups is 1. The zero-order valence-corrected chi connectivity index (χ0v) is 12.4. The minimum atomic E-state index is -1.08. The standard InChI is InChI=1S/C14H21N3O4/c1-9(2)12(8-21-3)17-14(20)16-7-10-4-5-11(13(18)19)15-6-10/h4-6,9,12H,7-8H2,1-3H3,(H,18,19)(H2,16,17,20). The first-order valence-electron chi connectivity index (χ1n) is 6.65. The smallest absolute Gasteiger partial charge is 0.354 e. The minimum Gasteiger partial charge on any atom is -0.477 e. The van der Waals surface area contributed by atoms with E-state index >= 15 is 0 Å². The van der Waals surface area contributed by atoms with Crippen molar-refractivity contribution < 1.29 is 19.4 Å². The van der Waals surface area contributed by atoms with Crippen molar-refractivity contribution in [2.24, 2.45) is 5.92 Å². The number of carbonyl (C=O) groups excluding carboxylic acids is 1. The van der Waals surface area contributed by atoms with Gasteiger partial charge in [-0.3, -0.25) is 0 Å². The van der Waals surface area contributed by atoms with Gasteiger partial charge in [-0.1, -0.05) is 19.9 Å². The van der Waals surface area contributed by atoms with E-state index in [4.69, 9.17) is 9.84 Å². The molecule has 1 aromatic rings. The maximum atomic E-state index is 11.8. The SMILES string of the molecule is COCC(NC(=O)NCc1ccc(C(=O)O)nc1)C(C)C. The molecule has 0 bridgehead atoms. The van der Waals surface area contributed by atoms with Gasteiger partial charge in [0.15, 0.2) is 0 Å². The molecular weight excluding hydrogens is 274 g/mol. The number of nitrogens with one attached hydrogen (secondary N) is 2. The van der Waals surface area contributed by atoms with Gasteiger partial charge in [0.1, 0.15) is 5.69 Å². The third-order valence-corrected chi connectivity index (χ3v) is 2.96. The Balaban J connectivity index is 2.46. The molecule has 0 spiro atoms. The summed E-state index contributed by atoms with van der Waals surface area (Å²) < 4.78 is 5.06. The number of nitrogens with zero attached hydrogens (tertiary/aromatic N) is 1. The van der Waals surface area contributed by atoms with Crippen LogP contribution in [0.3, 0.4) is 0 Å². The van der Waals surface area contributed by atoms with E-state index in [1.54, 1.807) is 13.2 Å². The quantitative estimate of drug-likeness (QED) is 0.703. The van der Waals surface area contributed by atoms with Crippen LogP contribution in [0.1, 0.15) is 29.9 Å². The highest BCUT2D eigenvalue weighted by Crippen LogP contribution is 2.02. The van der Waals surface area contributed by atoms with Crippen molar-refractivity contribution in [3.05, 3.63) is 29.6 Å². The van der Waals surface area contributed by atoms with Crippen LogP contribution in [0.2, 0.25) is 0 Å². The number of hydrogen-bond acceptors (Lipinski definition) is 4. The van der Waals surface area contributed by atoms with E-state index < -0.39 is 5.97 Å². The molecule has 1 atom stereocenters. The molecule has 7 heteroatoms. The predicted molar refractivity (Wildman–Crippen MR) is 77.1 cm³/mol. The topological polar surface area (TPSA) is 101 Å². The van der Waals surface area contributed by atoms with Gasteiger partial charge >= 0.3 is 12.0 Å². The zero-order chi connectivity index (χ0) is 15.8. The zero-order valence-electron chi connectivity index (χ0n) is 12.4. The summed E-state index contributed by atoms with van der Waals surface area (Å²) in [6, 6.07) is 2.65. The Hall–Kier alpha value is -2.15. The molecule has 0 aliphatic heterocycles. The highest BCUT2D eigenvalue weighted by atomic mass is 16.5. The summed E-state index contributed by atoms with van der Waals surface area (Å²) in [5, 5.41) is 14.3. The molecule has 0 saturated heterocycles. The summed E-state index contributed by atoms with van der Waals surface area (Å²) in [7, 11) is 1.59. The van der Waals surface area contributed by atoms with Crippen LogP contribution in [0.4, 0.5) is 4.79 Å². The third-order valence-electron chi connectivity index (χ3n) is 2.96. The number of pyridine rings is 1. The monoisotopic (exact) mass is 295 g/mol. The summed E-state index contributed by atoms with van der Waals surface area (Å²) in [6.45, 7) is 4.72. The molecule has 1 heterocycles. The molecule has 0 saturated carbocycles. The summed E-state index contributed by atoms with van der Waals surface area (Å²) in [5.41, 5.74) is 0.700. The second-order valence-electron chi connectivity index (χ2n) is 4.99. The molecule has 0 radical (unpaired) electrons. The Morgan fingerprint density at radius 1 is 1.38 bits per heavy atom. The predicted octanol–water partition coefficient (Wildman–Crippen LogP) is 1.25. The summed E-state index contributed by atoms with van der Waals surface area (Å²) in [4.78, 5) is 26.2. The number of amides is 2. The lowest BCUT2D eigenvalue weighted by molar-refractivity contribution is 0.0690. The normalized spacial score (nSPS) is 12.0. The Morgan fingerprint density at radius 3 is 2.57 bits per heavy atom. The largest absolute Gasteiger partial charge is 0.477 e. The van der Waals surface area contributed by atoms with Crippen molar-refractivity contribution >= 4 is 12.0 Å². The van der Waals surface area contributed by atoms with Gasteiger partial charge < -0.3 is 20.5 Å². The lowest BCUT2D eigenvalue weighted by atomic mass is 10.1. The van der Waals surface area contributed by atoms with Crippen molar-refractivity contribution in [3.63, 3.8) is 0 Å². The van der Waals surface area contributed by atoms with E-state index in [1.807, 2.05) is 13.8 Å². The molecular formula is C14H21N3O4. The number of methoxy groups -OCH3 is 1. The van der Waals surface area contributed by atoms with E-state index in [2.05, 4.69) is 15.6 Å². The van der Waals surface area contributed by atoms with Crippen LogP contribution >= 0.6 is 0 Å². The molecule has 0 aliphatic carbocycles. The number of hydrogen-bond donors (Lipinski definition) is 3. The fraction of sp³-hybridized carbons (Fsp3) is 0.500. The molecule has 0 fully saturated rings. The van der Waals surface area contributed by atoms with E-state index in [0.717, 1.165) is 5.56 Å². The third kappa shape index (κ3) is 5.78. The van der Waals surface area contributed by atoms with Crippen molar-refractivity contribution in [1.82, 2.24) is 15.6 Å². The van der Waals surface area contributed by atoms with Crippen LogP contribution in [0.5, 0.6) is 0 Å². The first-order chi connectivity index (χ1) is 9.93. The average Bonchev–Trinajstić information content (AvgIpc) is 2.45. The summed E-state index contributed by atoms with van der Waals surface area (Å²) >= 11 is 0. The number of carboxylic acids is 1. The average molecular weight is 295 g/mol. The number of aromatic nitrogens is 1. The van der Waals surface area contributed by atoms with Crippen LogP contribution in [0.15, 0.2) is 18.3 Å². The van der Waals surface area contributed by atoms with Gasteiger partial charge in [0, 0.05) is 19.9 Å². The van der Waals surface area contributed by atoms with Crippen molar-refractivity contribution in [2.75, 3.05) is 13.7 Å². The van der Waals surface area contributed by atoms with Gasteiger partial charge in [0.25, 0.3) is 0 Å². The van der Waals surface area contributed by atoms with Crippen LogP contribution in [0, 0.1) is 5.92 Å². The highest BCUT2D eigenvalue weighted by molar-refractivity contribution is 5.85. The van der Waals surface area contributed by atoms with Gasteiger partial charge in [-0.05, 0) is 17.5 Å². The van der Waals surface area contributed by atoms with E-state index in [9.17, 15) is 9.59 Å². The van der Waals surface area contributed by atoms with Gasteiger partial charge in [-0.25, -0.2) is 14.6 Å². The lowest BCUT2D eigenvalue weighted by Gasteiger charge is -2.21. The molecule has 3 N–H and O–H groups in total. The van der Waals surface area contributed by atoms with Gasteiger partial charge in [0.2, 0.25) is 0 Å². The Kier molecular flexibility index (Phi) is 6.61. The summed E-state index contributed by atoms with van der Waals surface area (Å²) in [5.74, 6) is -0.821. The molecule has 0 aromatic carbocycles. The Morgan fingerprint density at radius 2 is 2.10 bits per heavy atom. The highest BCUT2D eigenvalue weighted by Gasteiger charge is 2.15. The molecule has 2 amide bonds. The molecule has 0 aliphatic rings. The van der Waals surface area contributed by atoms with Gasteiger partial charge in [-0.2, -0.15) is 0 Å². The fourth-order valence-electron chi connectivity index (χ4n) is 1.64. The Labute approximate surface area is 123 Å². The van der Waals surface area contributed by atoms with Crippen molar-refractivity contribution in [2.45, 2.75) is 26.4 Å². The van der Waals surface area contributed by atoms with Crippen LogP contribution in [0.25, 0.3) is 0 Å². The number of carbonyl (C=O) groups is 2. The molecule has 21 heavy (non-hydrogen) atoms. The summed E-state index contributed by atoms with van der Waals surface area (Å²) in [6.07, 6.45) is 1.43. The van der Waals surface area contributed by atoms with E-state index in [-0.39, 0.29) is 30.2 Å². The molecule has 7 nitrogen and oxygen atoms in total. The second kappa shape index (κ2) is 8.21. The van der Waals surface area contributed by atoms with E-state index in [1.165, 1.54) is 12.3 Å².